The van der Waals surface area contributed by atoms with Gasteiger partial charge in [-0.05, 0) is 25.5 Å². The SMILES string of the molecule is CCCOCCNCCNC(=O)c1ccc(C)cc1. The van der Waals surface area contributed by atoms with Gasteiger partial charge in [-0.25, -0.2) is 0 Å². The lowest BCUT2D eigenvalue weighted by molar-refractivity contribution is 0.0953. The van der Waals surface area contributed by atoms with Crippen LogP contribution in [0.25, 0.3) is 0 Å². The maximum Gasteiger partial charge on any atom is 0.251 e. The molecule has 0 atom stereocenters. The van der Waals surface area contributed by atoms with Gasteiger partial charge in [0.15, 0.2) is 0 Å². The van der Waals surface area contributed by atoms with Gasteiger partial charge in [-0.15, -0.1) is 0 Å². The number of ether oxygens (including phenoxy) is 1. The molecule has 2 N–H and O–H groups in total. The summed E-state index contributed by atoms with van der Waals surface area (Å²) in [6, 6.07) is 7.57. The van der Waals surface area contributed by atoms with E-state index in [0.717, 1.165) is 38.3 Å². The quantitative estimate of drug-likeness (QED) is 0.668. The molecule has 0 spiro atoms. The Labute approximate surface area is 115 Å². The minimum Gasteiger partial charge on any atom is -0.380 e. The summed E-state index contributed by atoms with van der Waals surface area (Å²) in [6.07, 6.45) is 1.05. The van der Waals surface area contributed by atoms with Crippen LogP contribution in [0.2, 0.25) is 0 Å². The third kappa shape index (κ3) is 6.94. The van der Waals surface area contributed by atoms with Crippen molar-refractivity contribution < 1.29 is 9.53 Å². The zero-order valence-electron chi connectivity index (χ0n) is 11.9. The van der Waals surface area contributed by atoms with E-state index in [9.17, 15) is 4.79 Å². The van der Waals surface area contributed by atoms with Gasteiger partial charge in [0, 0.05) is 31.8 Å². The predicted octanol–water partition coefficient (Wildman–Crippen LogP) is 1.74. The van der Waals surface area contributed by atoms with Crippen LogP contribution in [0.3, 0.4) is 0 Å². The molecule has 0 radical (unpaired) electrons. The molecule has 4 nitrogen and oxygen atoms in total. The zero-order chi connectivity index (χ0) is 13.9. The topological polar surface area (TPSA) is 50.4 Å². The lowest BCUT2D eigenvalue weighted by atomic mass is 10.1. The normalized spacial score (nSPS) is 10.4. The Bertz CT molecular complexity index is 363. The van der Waals surface area contributed by atoms with Crippen LogP contribution in [0.15, 0.2) is 24.3 Å². The monoisotopic (exact) mass is 264 g/mol. The van der Waals surface area contributed by atoms with E-state index in [2.05, 4.69) is 17.6 Å². The van der Waals surface area contributed by atoms with Gasteiger partial charge in [0.1, 0.15) is 0 Å². The Morgan fingerprint density at radius 3 is 2.53 bits per heavy atom. The smallest absolute Gasteiger partial charge is 0.251 e. The second-order valence-electron chi connectivity index (χ2n) is 4.48. The summed E-state index contributed by atoms with van der Waals surface area (Å²) >= 11 is 0. The van der Waals surface area contributed by atoms with Crippen molar-refractivity contribution in [3.05, 3.63) is 35.4 Å². The molecule has 0 heterocycles. The molecule has 0 unspecified atom stereocenters. The van der Waals surface area contributed by atoms with Crippen LogP contribution in [0.4, 0.5) is 0 Å². The van der Waals surface area contributed by atoms with E-state index in [1.807, 2.05) is 31.2 Å². The number of aryl methyl sites for hydroxylation is 1. The first-order valence-electron chi connectivity index (χ1n) is 6.87. The van der Waals surface area contributed by atoms with Crippen LogP contribution in [0.1, 0.15) is 29.3 Å². The van der Waals surface area contributed by atoms with Gasteiger partial charge in [-0.3, -0.25) is 4.79 Å². The summed E-state index contributed by atoms with van der Waals surface area (Å²) in [7, 11) is 0. The lowest BCUT2D eigenvalue weighted by Crippen LogP contribution is -2.33. The second-order valence-corrected chi connectivity index (χ2v) is 4.48. The van der Waals surface area contributed by atoms with E-state index >= 15 is 0 Å². The molecule has 0 bridgehead atoms. The number of nitrogens with one attached hydrogen (secondary N) is 2. The Hall–Kier alpha value is -1.39. The molecule has 1 aromatic carbocycles. The van der Waals surface area contributed by atoms with E-state index < -0.39 is 0 Å². The largest absolute Gasteiger partial charge is 0.380 e. The lowest BCUT2D eigenvalue weighted by Gasteiger charge is -2.07. The van der Waals surface area contributed by atoms with Crippen LogP contribution in [0.5, 0.6) is 0 Å². The summed E-state index contributed by atoms with van der Waals surface area (Å²) in [5.74, 6) is -0.0240. The van der Waals surface area contributed by atoms with Crippen molar-refractivity contribution in [1.82, 2.24) is 10.6 Å². The van der Waals surface area contributed by atoms with Gasteiger partial charge in [0.25, 0.3) is 5.91 Å². The highest BCUT2D eigenvalue weighted by atomic mass is 16.5. The minimum atomic E-state index is -0.0240. The molecule has 19 heavy (non-hydrogen) atoms. The highest BCUT2D eigenvalue weighted by Crippen LogP contribution is 2.02. The average molecular weight is 264 g/mol. The van der Waals surface area contributed by atoms with Crippen molar-refractivity contribution in [2.24, 2.45) is 0 Å². The van der Waals surface area contributed by atoms with Crippen LogP contribution in [0, 0.1) is 6.92 Å². The third-order valence-corrected chi connectivity index (χ3v) is 2.67. The summed E-state index contributed by atoms with van der Waals surface area (Å²) in [5, 5.41) is 6.10. The zero-order valence-corrected chi connectivity index (χ0v) is 11.9. The Kier molecular flexibility index (Phi) is 7.86. The summed E-state index contributed by atoms with van der Waals surface area (Å²) in [4.78, 5) is 11.8. The van der Waals surface area contributed by atoms with Gasteiger partial charge in [0.2, 0.25) is 0 Å². The Morgan fingerprint density at radius 1 is 1.11 bits per heavy atom. The molecule has 0 aliphatic heterocycles. The average Bonchev–Trinajstić information content (AvgIpc) is 2.42. The molecule has 0 fully saturated rings. The summed E-state index contributed by atoms with van der Waals surface area (Å²) in [6.45, 7) is 7.83. The van der Waals surface area contributed by atoms with Gasteiger partial charge in [-0.1, -0.05) is 24.6 Å². The minimum absolute atomic E-state index is 0.0240. The molecule has 1 rings (SSSR count). The molecular formula is C15H24N2O2. The fourth-order valence-electron chi connectivity index (χ4n) is 1.59. The number of amides is 1. The maximum atomic E-state index is 11.8. The van der Waals surface area contributed by atoms with E-state index in [1.54, 1.807) is 0 Å². The van der Waals surface area contributed by atoms with Crippen LogP contribution >= 0.6 is 0 Å². The van der Waals surface area contributed by atoms with Crippen LogP contribution in [-0.2, 0) is 4.74 Å². The Morgan fingerprint density at radius 2 is 1.84 bits per heavy atom. The number of carbonyl (C=O) groups excluding carboxylic acids is 1. The number of hydrogen-bond donors (Lipinski definition) is 2. The van der Waals surface area contributed by atoms with Crippen molar-refractivity contribution in [3.8, 4) is 0 Å². The fraction of sp³-hybridized carbons (Fsp3) is 0.533. The molecule has 0 saturated carbocycles. The molecule has 4 heteroatoms. The molecule has 1 amide bonds. The molecule has 0 aromatic heterocycles. The van der Waals surface area contributed by atoms with Gasteiger partial charge in [0.05, 0.1) is 6.61 Å². The molecule has 0 aliphatic carbocycles. The maximum absolute atomic E-state index is 11.8. The number of rotatable bonds is 9. The van der Waals surface area contributed by atoms with Crippen molar-refractivity contribution in [2.45, 2.75) is 20.3 Å². The van der Waals surface area contributed by atoms with E-state index in [1.165, 1.54) is 0 Å². The molecule has 0 aliphatic rings. The fourth-order valence-corrected chi connectivity index (χ4v) is 1.59. The molecule has 0 saturated heterocycles. The van der Waals surface area contributed by atoms with Crippen molar-refractivity contribution in [3.63, 3.8) is 0 Å². The second kappa shape index (κ2) is 9.53. The van der Waals surface area contributed by atoms with E-state index in [0.29, 0.717) is 12.1 Å². The predicted molar refractivity (Wildman–Crippen MR) is 77.5 cm³/mol. The summed E-state index contributed by atoms with van der Waals surface area (Å²) < 4.78 is 5.34. The van der Waals surface area contributed by atoms with Gasteiger partial charge < -0.3 is 15.4 Å². The van der Waals surface area contributed by atoms with E-state index in [-0.39, 0.29) is 5.91 Å². The van der Waals surface area contributed by atoms with E-state index in [4.69, 9.17) is 4.74 Å². The van der Waals surface area contributed by atoms with Crippen LogP contribution in [-0.4, -0.2) is 38.8 Å². The van der Waals surface area contributed by atoms with Crippen LogP contribution < -0.4 is 10.6 Å². The first kappa shape index (κ1) is 15.7. The van der Waals surface area contributed by atoms with Crippen molar-refractivity contribution in [2.75, 3.05) is 32.8 Å². The highest BCUT2D eigenvalue weighted by molar-refractivity contribution is 5.94. The van der Waals surface area contributed by atoms with Gasteiger partial charge in [-0.2, -0.15) is 0 Å². The third-order valence-electron chi connectivity index (χ3n) is 2.67. The highest BCUT2D eigenvalue weighted by Gasteiger charge is 2.03. The first-order valence-corrected chi connectivity index (χ1v) is 6.87. The number of hydrogen-bond acceptors (Lipinski definition) is 3. The summed E-state index contributed by atoms with van der Waals surface area (Å²) in [5.41, 5.74) is 1.86. The number of carbonyl (C=O) groups is 1. The number of benzene rings is 1. The van der Waals surface area contributed by atoms with Crippen molar-refractivity contribution in [1.29, 1.82) is 0 Å². The molecule has 106 valence electrons. The Balaban J connectivity index is 2.06. The first-order chi connectivity index (χ1) is 9.24. The molecule has 1 aromatic rings. The van der Waals surface area contributed by atoms with Gasteiger partial charge >= 0.3 is 0 Å². The van der Waals surface area contributed by atoms with Crippen molar-refractivity contribution >= 4 is 5.91 Å². The molecular weight excluding hydrogens is 240 g/mol. The standard InChI is InChI=1S/C15H24N2O2/c1-3-11-19-12-10-16-8-9-17-15(18)14-6-4-13(2)5-7-14/h4-7,16H,3,8-12H2,1-2H3,(H,17,18).